The summed E-state index contributed by atoms with van der Waals surface area (Å²) in [6, 6.07) is 6.37. The molecule has 3 aliphatic rings. The van der Waals surface area contributed by atoms with Crippen LogP contribution in [0.1, 0.15) is 55.3 Å². The second kappa shape index (κ2) is 5.59. The molecule has 24 heavy (non-hydrogen) atoms. The Morgan fingerprint density at radius 2 is 2.08 bits per heavy atom. The van der Waals surface area contributed by atoms with E-state index in [1.165, 1.54) is 18.2 Å². The molecular formula is C19H23NO4. The van der Waals surface area contributed by atoms with E-state index in [9.17, 15) is 9.59 Å². The molecule has 4 rings (SSSR count). The summed E-state index contributed by atoms with van der Waals surface area (Å²) in [4.78, 5) is 25.9. The molecule has 2 unspecified atom stereocenters. The van der Waals surface area contributed by atoms with Crippen LogP contribution in [0, 0.1) is 5.92 Å². The van der Waals surface area contributed by atoms with Crippen LogP contribution in [0.15, 0.2) is 18.2 Å². The summed E-state index contributed by atoms with van der Waals surface area (Å²) >= 11 is 0. The molecule has 1 aromatic rings. The van der Waals surface area contributed by atoms with Gasteiger partial charge in [-0.05, 0) is 48.3 Å². The molecule has 2 heterocycles. The normalized spacial score (nSPS) is 27.0. The van der Waals surface area contributed by atoms with Crippen LogP contribution >= 0.6 is 0 Å². The molecular weight excluding hydrogens is 306 g/mol. The van der Waals surface area contributed by atoms with Crippen LogP contribution in [-0.4, -0.2) is 30.4 Å². The molecule has 1 aromatic carbocycles. The lowest BCUT2D eigenvalue weighted by atomic mass is 9.88. The summed E-state index contributed by atoms with van der Waals surface area (Å²) in [5.74, 6) is -0.928. The van der Waals surface area contributed by atoms with Gasteiger partial charge in [0.05, 0.1) is 25.4 Å². The first kappa shape index (κ1) is 15.6. The second-order valence-corrected chi connectivity index (χ2v) is 7.35. The summed E-state index contributed by atoms with van der Waals surface area (Å²) in [7, 11) is 1.25. The first-order chi connectivity index (χ1) is 11.5. The molecule has 1 amide bonds. The van der Waals surface area contributed by atoms with E-state index in [0.29, 0.717) is 19.1 Å². The lowest BCUT2D eigenvalue weighted by molar-refractivity contribution is -0.160. The van der Waals surface area contributed by atoms with Gasteiger partial charge in [-0.15, -0.1) is 0 Å². The number of carbonyl (C=O) groups excluding carboxylic acids is 2. The Bertz CT molecular complexity index is 695. The van der Waals surface area contributed by atoms with Crippen molar-refractivity contribution in [3.8, 4) is 0 Å². The Balaban J connectivity index is 1.63. The van der Waals surface area contributed by atoms with E-state index in [0.717, 1.165) is 31.2 Å². The number of carbonyl (C=O) groups is 2. The third-order valence-electron chi connectivity index (χ3n) is 5.65. The molecule has 1 spiro atoms. The van der Waals surface area contributed by atoms with Crippen molar-refractivity contribution in [1.82, 2.24) is 4.90 Å². The molecule has 2 aliphatic heterocycles. The molecule has 1 saturated carbocycles. The van der Waals surface area contributed by atoms with E-state index in [4.69, 9.17) is 4.74 Å². The standard InChI is InChI=1S/C19H23NO4/c1-12-3-6-16(20(10-12)17(21)18(22)23-2)13-4-5-15-14(9-13)11-24-19(15)7-8-19/h4-5,9,12,16H,3,6-8,10-11H2,1-2H3. The summed E-state index contributed by atoms with van der Waals surface area (Å²) in [6.07, 6.45) is 4.13. The maximum absolute atomic E-state index is 12.4. The van der Waals surface area contributed by atoms with Crippen LogP contribution in [-0.2, 0) is 31.3 Å². The van der Waals surface area contributed by atoms with Gasteiger partial charge < -0.3 is 14.4 Å². The van der Waals surface area contributed by atoms with E-state index >= 15 is 0 Å². The SMILES string of the molecule is COC(=O)C(=O)N1CC(C)CCC1c1ccc2c(c1)COC21CC1. The van der Waals surface area contributed by atoms with Crippen molar-refractivity contribution in [3.63, 3.8) is 0 Å². The Morgan fingerprint density at radius 1 is 1.29 bits per heavy atom. The highest BCUT2D eigenvalue weighted by Gasteiger charge is 2.50. The molecule has 2 fully saturated rings. The van der Waals surface area contributed by atoms with Crippen LogP contribution in [0.2, 0.25) is 0 Å². The number of methoxy groups -OCH3 is 1. The van der Waals surface area contributed by atoms with Crippen LogP contribution in [0.5, 0.6) is 0 Å². The van der Waals surface area contributed by atoms with Gasteiger partial charge in [-0.2, -0.15) is 0 Å². The molecule has 128 valence electrons. The van der Waals surface area contributed by atoms with Crippen LogP contribution in [0.4, 0.5) is 0 Å². The summed E-state index contributed by atoms with van der Waals surface area (Å²) in [6.45, 7) is 3.36. The van der Waals surface area contributed by atoms with Crippen LogP contribution in [0.3, 0.4) is 0 Å². The van der Waals surface area contributed by atoms with Crippen molar-refractivity contribution in [2.24, 2.45) is 5.92 Å². The predicted molar refractivity (Wildman–Crippen MR) is 87.0 cm³/mol. The minimum atomic E-state index is -0.782. The Hall–Kier alpha value is -1.88. The van der Waals surface area contributed by atoms with Gasteiger partial charge in [0.25, 0.3) is 0 Å². The van der Waals surface area contributed by atoms with Crippen LogP contribution < -0.4 is 0 Å². The fourth-order valence-electron chi connectivity index (χ4n) is 4.13. The van der Waals surface area contributed by atoms with Gasteiger partial charge in [0.15, 0.2) is 0 Å². The number of amides is 1. The third kappa shape index (κ3) is 2.42. The second-order valence-electron chi connectivity index (χ2n) is 7.35. The van der Waals surface area contributed by atoms with Gasteiger partial charge in [-0.3, -0.25) is 4.79 Å². The first-order valence-electron chi connectivity index (χ1n) is 8.70. The third-order valence-corrected chi connectivity index (χ3v) is 5.65. The molecule has 0 radical (unpaired) electrons. The number of esters is 1. The number of likely N-dealkylation sites (tertiary alicyclic amines) is 1. The monoisotopic (exact) mass is 329 g/mol. The van der Waals surface area contributed by atoms with Gasteiger partial charge in [0.2, 0.25) is 0 Å². The minimum Gasteiger partial charge on any atom is -0.462 e. The zero-order valence-electron chi connectivity index (χ0n) is 14.2. The van der Waals surface area contributed by atoms with Gasteiger partial charge in [-0.1, -0.05) is 25.1 Å². The average Bonchev–Trinajstić information content (AvgIpc) is 3.30. The lowest BCUT2D eigenvalue weighted by Gasteiger charge is -2.38. The molecule has 1 saturated heterocycles. The zero-order valence-corrected chi connectivity index (χ0v) is 14.2. The van der Waals surface area contributed by atoms with Crippen molar-refractivity contribution in [2.45, 2.75) is 50.9 Å². The Kier molecular flexibility index (Phi) is 3.64. The van der Waals surface area contributed by atoms with Gasteiger partial charge >= 0.3 is 11.9 Å². The number of hydrogen-bond acceptors (Lipinski definition) is 4. The van der Waals surface area contributed by atoms with Gasteiger partial charge in [0, 0.05) is 6.54 Å². The molecule has 5 nitrogen and oxygen atoms in total. The smallest absolute Gasteiger partial charge is 0.396 e. The zero-order chi connectivity index (χ0) is 16.9. The number of piperidine rings is 1. The summed E-state index contributed by atoms with van der Waals surface area (Å²) < 4.78 is 10.6. The number of rotatable bonds is 1. The van der Waals surface area contributed by atoms with Crippen molar-refractivity contribution in [3.05, 3.63) is 34.9 Å². The van der Waals surface area contributed by atoms with E-state index in [1.807, 2.05) is 0 Å². The highest BCUT2D eigenvalue weighted by Crippen LogP contribution is 2.55. The van der Waals surface area contributed by atoms with Gasteiger partial charge in [0.1, 0.15) is 0 Å². The van der Waals surface area contributed by atoms with E-state index in [-0.39, 0.29) is 11.6 Å². The fraction of sp³-hybridized carbons (Fsp3) is 0.579. The molecule has 0 bridgehead atoms. The fourth-order valence-corrected chi connectivity index (χ4v) is 4.13. The molecule has 5 heteroatoms. The average molecular weight is 329 g/mol. The number of hydrogen-bond donors (Lipinski definition) is 0. The first-order valence-corrected chi connectivity index (χ1v) is 8.70. The van der Waals surface area contributed by atoms with Crippen molar-refractivity contribution < 1.29 is 19.1 Å². The van der Waals surface area contributed by atoms with Crippen LogP contribution in [0.25, 0.3) is 0 Å². The number of ether oxygens (including phenoxy) is 2. The number of nitrogens with zero attached hydrogens (tertiary/aromatic N) is 1. The maximum atomic E-state index is 12.4. The Morgan fingerprint density at radius 3 is 2.79 bits per heavy atom. The predicted octanol–water partition coefficient (Wildman–Crippen LogP) is 2.68. The van der Waals surface area contributed by atoms with E-state index in [1.54, 1.807) is 4.90 Å². The Labute approximate surface area is 141 Å². The van der Waals surface area contributed by atoms with Crippen molar-refractivity contribution in [1.29, 1.82) is 0 Å². The van der Waals surface area contributed by atoms with Gasteiger partial charge in [-0.25, -0.2) is 4.79 Å². The largest absolute Gasteiger partial charge is 0.462 e. The lowest BCUT2D eigenvalue weighted by Crippen LogP contribution is -2.45. The van der Waals surface area contributed by atoms with E-state index in [2.05, 4.69) is 29.9 Å². The number of benzene rings is 1. The number of fused-ring (bicyclic) bond motifs is 2. The molecule has 2 atom stereocenters. The summed E-state index contributed by atoms with van der Waals surface area (Å²) in [5.41, 5.74) is 3.62. The maximum Gasteiger partial charge on any atom is 0.396 e. The molecule has 1 aliphatic carbocycles. The quantitative estimate of drug-likeness (QED) is 0.587. The molecule has 0 N–H and O–H groups in total. The highest BCUT2D eigenvalue weighted by molar-refractivity contribution is 6.32. The minimum absolute atomic E-state index is 0.0174. The highest BCUT2D eigenvalue weighted by atomic mass is 16.5. The van der Waals surface area contributed by atoms with Crippen molar-refractivity contribution in [2.75, 3.05) is 13.7 Å². The van der Waals surface area contributed by atoms with E-state index < -0.39 is 11.9 Å². The topological polar surface area (TPSA) is 55.8 Å². The molecule has 0 aromatic heterocycles. The summed E-state index contributed by atoms with van der Waals surface area (Å²) in [5, 5.41) is 0. The van der Waals surface area contributed by atoms with Crippen molar-refractivity contribution >= 4 is 11.9 Å².